The number of amides is 3. The molecule has 0 spiro atoms. The van der Waals surface area contributed by atoms with E-state index in [1.165, 1.54) is 0 Å². The number of hydrogen-bond donors (Lipinski definition) is 2. The Hall–Kier alpha value is -3.35. The van der Waals surface area contributed by atoms with Crippen molar-refractivity contribution in [3.05, 3.63) is 60.2 Å². The molecule has 0 bridgehead atoms. The lowest BCUT2D eigenvalue weighted by Crippen LogP contribution is -2.50. The molecule has 2 N–H and O–H groups in total. The summed E-state index contributed by atoms with van der Waals surface area (Å²) >= 11 is 0. The van der Waals surface area contributed by atoms with Crippen LogP contribution in [0.25, 0.3) is 0 Å². The normalized spacial score (nSPS) is 14.4. The van der Waals surface area contributed by atoms with Crippen LogP contribution in [0.1, 0.15) is 32.3 Å². The fraction of sp³-hybridized carbons (Fsp3) is 0.375. The lowest BCUT2D eigenvalue weighted by molar-refractivity contribution is -0.131. The Morgan fingerprint density at radius 3 is 2.39 bits per heavy atom. The molecule has 0 radical (unpaired) electrons. The zero-order valence-electron chi connectivity index (χ0n) is 18.0. The van der Waals surface area contributed by atoms with Gasteiger partial charge in [0.15, 0.2) is 6.61 Å². The van der Waals surface area contributed by atoms with Gasteiger partial charge in [0.1, 0.15) is 11.8 Å². The predicted octanol–water partition coefficient (Wildman–Crippen LogP) is 2.65. The van der Waals surface area contributed by atoms with E-state index >= 15 is 0 Å². The lowest BCUT2D eigenvalue weighted by atomic mass is 10.0. The molecule has 1 aliphatic rings. The van der Waals surface area contributed by atoms with Crippen molar-refractivity contribution >= 4 is 23.4 Å². The van der Waals surface area contributed by atoms with E-state index in [2.05, 4.69) is 10.6 Å². The van der Waals surface area contributed by atoms with Gasteiger partial charge in [0.2, 0.25) is 11.8 Å². The Labute approximate surface area is 182 Å². The van der Waals surface area contributed by atoms with E-state index in [1.54, 1.807) is 17.0 Å². The van der Waals surface area contributed by atoms with Crippen LogP contribution in [-0.2, 0) is 20.9 Å². The average Bonchev–Trinajstić information content (AvgIpc) is 3.21. The molecule has 164 valence electrons. The maximum absolute atomic E-state index is 12.7. The fourth-order valence-electron chi connectivity index (χ4n) is 3.43. The number of carbonyl (C=O) groups is 3. The molecule has 2 aromatic carbocycles. The molecule has 0 aromatic heterocycles. The third kappa shape index (κ3) is 6.31. The van der Waals surface area contributed by atoms with Gasteiger partial charge in [-0.25, -0.2) is 0 Å². The van der Waals surface area contributed by atoms with E-state index in [0.717, 1.165) is 24.2 Å². The van der Waals surface area contributed by atoms with Crippen molar-refractivity contribution < 1.29 is 19.1 Å². The van der Waals surface area contributed by atoms with Crippen LogP contribution >= 0.6 is 0 Å². The largest absolute Gasteiger partial charge is 0.484 e. The van der Waals surface area contributed by atoms with Gasteiger partial charge in [-0.1, -0.05) is 44.2 Å². The lowest BCUT2D eigenvalue weighted by Gasteiger charge is -2.22. The Morgan fingerprint density at radius 1 is 1.06 bits per heavy atom. The number of benzene rings is 2. The summed E-state index contributed by atoms with van der Waals surface area (Å²) in [5.41, 5.74) is 1.80. The SMILES string of the molecule is CC(C)[C@H](NC(=O)COc1ccccc1)C(=O)NCc1ccc(N2CCCC2=O)cc1. The van der Waals surface area contributed by atoms with E-state index in [9.17, 15) is 14.4 Å². The number of rotatable bonds is 9. The first-order valence-corrected chi connectivity index (χ1v) is 10.6. The van der Waals surface area contributed by atoms with Gasteiger partial charge in [-0.2, -0.15) is 0 Å². The first-order valence-electron chi connectivity index (χ1n) is 10.6. The quantitative estimate of drug-likeness (QED) is 0.649. The number of para-hydroxylation sites is 1. The Bertz CT molecular complexity index is 897. The van der Waals surface area contributed by atoms with E-state index in [4.69, 9.17) is 4.74 Å². The van der Waals surface area contributed by atoms with Crippen LogP contribution in [0, 0.1) is 5.92 Å². The van der Waals surface area contributed by atoms with Crippen molar-refractivity contribution in [3.63, 3.8) is 0 Å². The van der Waals surface area contributed by atoms with Crippen LogP contribution in [0.3, 0.4) is 0 Å². The smallest absolute Gasteiger partial charge is 0.258 e. The highest BCUT2D eigenvalue weighted by Crippen LogP contribution is 2.21. The summed E-state index contributed by atoms with van der Waals surface area (Å²) in [6, 6.07) is 16.0. The number of anilines is 1. The van der Waals surface area contributed by atoms with Crippen molar-refractivity contribution in [1.82, 2.24) is 10.6 Å². The highest BCUT2D eigenvalue weighted by molar-refractivity contribution is 5.95. The number of carbonyl (C=O) groups excluding carboxylic acids is 3. The highest BCUT2D eigenvalue weighted by Gasteiger charge is 2.24. The summed E-state index contributed by atoms with van der Waals surface area (Å²) < 4.78 is 5.45. The second kappa shape index (κ2) is 10.6. The van der Waals surface area contributed by atoms with Gasteiger partial charge in [0, 0.05) is 25.2 Å². The topological polar surface area (TPSA) is 87.7 Å². The molecule has 2 aromatic rings. The minimum Gasteiger partial charge on any atom is -0.484 e. The van der Waals surface area contributed by atoms with E-state index in [1.807, 2.05) is 56.3 Å². The summed E-state index contributed by atoms with van der Waals surface area (Å²) in [6.45, 7) is 4.69. The van der Waals surface area contributed by atoms with Gasteiger partial charge in [0.05, 0.1) is 0 Å². The summed E-state index contributed by atoms with van der Waals surface area (Å²) in [5.74, 6) is 0.0681. The molecule has 1 heterocycles. The average molecular weight is 424 g/mol. The minimum absolute atomic E-state index is 0.0794. The Kier molecular flexibility index (Phi) is 7.65. The highest BCUT2D eigenvalue weighted by atomic mass is 16.5. The van der Waals surface area contributed by atoms with Gasteiger partial charge in [0.25, 0.3) is 5.91 Å². The Morgan fingerprint density at radius 2 is 1.77 bits per heavy atom. The van der Waals surface area contributed by atoms with Gasteiger partial charge in [-0.05, 0) is 42.2 Å². The summed E-state index contributed by atoms with van der Waals surface area (Å²) in [4.78, 5) is 38.6. The fourth-order valence-corrected chi connectivity index (χ4v) is 3.43. The summed E-state index contributed by atoms with van der Waals surface area (Å²) in [6.07, 6.45) is 1.48. The van der Waals surface area contributed by atoms with E-state index in [0.29, 0.717) is 18.7 Å². The number of nitrogens with zero attached hydrogens (tertiary/aromatic N) is 1. The van der Waals surface area contributed by atoms with Crippen LogP contribution < -0.4 is 20.3 Å². The van der Waals surface area contributed by atoms with Crippen LogP contribution in [0.2, 0.25) is 0 Å². The van der Waals surface area contributed by atoms with Gasteiger partial charge in [-0.15, -0.1) is 0 Å². The maximum atomic E-state index is 12.7. The van der Waals surface area contributed by atoms with Gasteiger partial charge >= 0.3 is 0 Å². The molecule has 0 unspecified atom stereocenters. The third-order valence-electron chi connectivity index (χ3n) is 5.17. The summed E-state index contributed by atoms with van der Waals surface area (Å²) in [7, 11) is 0. The third-order valence-corrected chi connectivity index (χ3v) is 5.17. The second-order valence-electron chi connectivity index (χ2n) is 7.92. The molecule has 0 saturated carbocycles. The van der Waals surface area contributed by atoms with E-state index in [-0.39, 0.29) is 30.2 Å². The van der Waals surface area contributed by atoms with Crippen LogP contribution in [0.4, 0.5) is 5.69 Å². The monoisotopic (exact) mass is 423 g/mol. The van der Waals surface area contributed by atoms with Gasteiger partial charge in [-0.3, -0.25) is 14.4 Å². The molecule has 31 heavy (non-hydrogen) atoms. The molecule has 1 fully saturated rings. The molecule has 1 aliphatic heterocycles. The molecule has 7 heteroatoms. The second-order valence-corrected chi connectivity index (χ2v) is 7.92. The molecular weight excluding hydrogens is 394 g/mol. The zero-order valence-corrected chi connectivity index (χ0v) is 18.0. The minimum atomic E-state index is -0.659. The standard InChI is InChI=1S/C24H29N3O4/c1-17(2)23(26-21(28)16-31-20-7-4-3-5-8-20)24(30)25-15-18-10-12-19(13-11-18)27-14-6-9-22(27)29/h3-5,7-8,10-13,17,23H,6,9,14-16H2,1-2H3,(H,25,30)(H,26,28)/t23-/m0/s1. The summed E-state index contributed by atoms with van der Waals surface area (Å²) in [5, 5.41) is 5.64. The van der Waals surface area contributed by atoms with Crippen LogP contribution in [-0.4, -0.2) is 36.9 Å². The van der Waals surface area contributed by atoms with Crippen molar-refractivity contribution in [1.29, 1.82) is 0 Å². The van der Waals surface area contributed by atoms with E-state index < -0.39 is 6.04 Å². The number of ether oxygens (including phenoxy) is 1. The van der Waals surface area contributed by atoms with Gasteiger partial charge < -0.3 is 20.3 Å². The van der Waals surface area contributed by atoms with Crippen molar-refractivity contribution in [2.24, 2.45) is 5.92 Å². The van der Waals surface area contributed by atoms with Crippen LogP contribution in [0.5, 0.6) is 5.75 Å². The first-order chi connectivity index (χ1) is 14.9. The van der Waals surface area contributed by atoms with Crippen LogP contribution in [0.15, 0.2) is 54.6 Å². The number of nitrogens with one attached hydrogen (secondary N) is 2. The van der Waals surface area contributed by atoms with Crippen molar-refractivity contribution in [2.75, 3.05) is 18.1 Å². The molecule has 7 nitrogen and oxygen atoms in total. The van der Waals surface area contributed by atoms with Crippen molar-refractivity contribution in [3.8, 4) is 5.75 Å². The number of hydrogen-bond acceptors (Lipinski definition) is 4. The predicted molar refractivity (Wildman–Crippen MR) is 119 cm³/mol. The Balaban J connectivity index is 1.49. The molecule has 1 atom stereocenters. The molecule has 3 rings (SSSR count). The molecular formula is C24H29N3O4. The van der Waals surface area contributed by atoms with Crippen molar-refractivity contribution in [2.45, 2.75) is 39.3 Å². The first kappa shape index (κ1) is 22.3. The molecule has 1 saturated heterocycles. The maximum Gasteiger partial charge on any atom is 0.258 e. The molecule has 0 aliphatic carbocycles. The molecule has 3 amide bonds. The zero-order chi connectivity index (χ0) is 22.2.